The third-order valence-electron chi connectivity index (χ3n) is 0.283. The second-order valence-electron chi connectivity index (χ2n) is 1.81. The van der Waals surface area contributed by atoms with E-state index in [9.17, 15) is 13.2 Å². The summed E-state index contributed by atoms with van der Waals surface area (Å²) in [7, 11) is 0. The monoisotopic (exact) mass is 331 g/mol. The molecule has 0 aromatic rings. The second-order valence-corrected chi connectivity index (χ2v) is 1.81. The van der Waals surface area contributed by atoms with E-state index >= 15 is 0 Å². The molecule has 0 spiro atoms. The van der Waals surface area contributed by atoms with Crippen LogP contribution in [0.5, 0.6) is 0 Å². The Morgan fingerprint density at radius 1 is 0.824 bits per heavy atom. The molecule has 0 aromatic carbocycles. The molecule has 0 unspecified atom stereocenters. The predicted molar refractivity (Wildman–Crippen MR) is 54.3 cm³/mol. The average molecular weight is 331 g/mol. The minimum Gasteiger partial charge on any atom is -0.397 e. The molecule has 106 valence electrons. The number of rotatable bonds is 0. The summed E-state index contributed by atoms with van der Waals surface area (Å²) in [6, 6.07) is 0. The molecule has 0 aromatic heterocycles. The first-order valence-corrected chi connectivity index (χ1v) is 4.49. The summed E-state index contributed by atoms with van der Waals surface area (Å²) in [5.41, 5.74) is 0. The molecule has 0 bridgehead atoms. The van der Waals surface area contributed by atoms with Gasteiger partial charge in [-0.15, -0.1) is 0 Å². The van der Waals surface area contributed by atoms with Crippen LogP contribution in [-0.2, 0) is 43.4 Å². The molecular weight excluding hydrogens is 309 g/mol. The Hall–Kier alpha value is 1.10. The van der Waals surface area contributed by atoms with Crippen molar-refractivity contribution in [1.82, 2.24) is 0 Å². The van der Waals surface area contributed by atoms with Crippen LogP contribution in [0.15, 0.2) is 0 Å². The zero-order valence-corrected chi connectivity index (χ0v) is 13.6. The summed E-state index contributed by atoms with van der Waals surface area (Å²) >= 11 is 0. The fraction of sp³-hybridized carbons (Fsp3) is 0.889. The van der Waals surface area contributed by atoms with Crippen molar-refractivity contribution in [1.29, 1.82) is 0 Å². The summed E-state index contributed by atoms with van der Waals surface area (Å²) in [5.74, 6) is 0. The van der Waals surface area contributed by atoms with Gasteiger partial charge in [0.05, 0.1) is 0 Å². The molecule has 0 aliphatic heterocycles. The molecular formula is C9H22F3O3Ti2-. The Bertz CT molecular complexity index is 81.6. The fourth-order valence-corrected chi connectivity index (χ4v) is 0. The van der Waals surface area contributed by atoms with Gasteiger partial charge in [0.1, 0.15) is 0 Å². The van der Waals surface area contributed by atoms with Gasteiger partial charge >= 0.3 is 6.18 Å². The molecule has 0 heterocycles. The van der Waals surface area contributed by atoms with Gasteiger partial charge in [-0.25, -0.2) is 0 Å². The van der Waals surface area contributed by atoms with E-state index in [4.69, 9.17) is 15.3 Å². The zero-order valence-electron chi connectivity index (χ0n) is 10.5. The molecule has 8 heteroatoms. The van der Waals surface area contributed by atoms with Crippen molar-refractivity contribution >= 4 is 0 Å². The molecule has 0 rings (SSSR count). The number of hydrogen-bond acceptors (Lipinski definition) is 3. The quantitative estimate of drug-likeness (QED) is 0.468. The van der Waals surface area contributed by atoms with E-state index in [1.54, 1.807) is 20.8 Å². The van der Waals surface area contributed by atoms with Gasteiger partial charge in [-0.3, -0.25) is 0 Å². The summed E-state index contributed by atoms with van der Waals surface area (Å²) in [5, 5.41) is 22.7. The summed E-state index contributed by atoms with van der Waals surface area (Å²) in [4.78, 5) is 0. The van der Waals surface area contributed by atoms with Crippen LogP contribution in [0.2, 0.25) is 0 Å². The van der Waals surface area contributed by atoms with Crippen molar-refractivity contribution in [2.45, 2.75) is 33.4 Å². The largest absolute Gasteiger partial charge is 0.397 e. The maximum absolute atomic E-state index is 10.7. The van der Waals surface area contributed by atoms with Gasteiger partial charge in [-0.05, 0) is 20.8 Å². The van der Waals surface area contributed by atoms with Gasteiger partial charge in [0.15, 0.2) is 0 Å². The molecule has 0 aliphatic rings. The fourth-order valence-electron chi connectivity index (χ4n) is 0. The number of aliphatic hydroxyl groups excluding tert-OH is 3. The van der Waals surface area contributed by atoms with E-state index in [-0.39, 0.29) is 63.3 Å². The van der Waals surface area contributed by atoms with Crippen molar-refractivity contribution in [3.63, 3.8) is 0 Å². The molecule has 17 heavy (non-hydrogen) atoms. The molecule has 0 saturated heterocycles. The first-order valence-electron chi connectivity index (χ1n) is 4.49. The maximum Gasteiger partial charge on any atom is 0.363 e. The predicted octanol–water partition coefficient (Wildman–Crippen LogP) is 1.76. The summed E-state index contributed by atoms with van der Waals surface area (Å²) in [6.07, 6.45) is -5.05. The molecule has 0 radical (unpaired) electrons. The van der Waals surface area contributed by atoms with E-state index in [1.807, 2.05) is 0 Å². The van der Waals surface area contributed by atoms with Crippen LogP contribution in [0.3, 0.4) is 0 Å². The van der Waals surface area contributed by atoms with Gasteiger partial charge in [0, 0.05) is 63.3 Å². The van der Waals surface area contributed by atoms with E-state index in [0.29, 0.717) is 0 Å². The SMILES string of the molecule is CCO.CCO.CCO.[CH2-]CC(F)(F)F.[Ti].[Ti]. The first kappa shape index (κ1) is 36.1. The Morgan fingerprint density at radius 2 is 0.882 bits per heavy atom. The zero-order chi connectivity index (χ0) is 13.3. The molecule has 3 N–H and O–H groups in total. The van der Waals surface area contributed by atoms with Crippen LogP contribution < -0.4 is 0 Å². The molecule has 0 fully saturated rings. The molecule has 0 saturated carbocycles. The minimum absolute atomic E-state index is 0. The molecule has 0 aliphatic carbocycles. The van der Waals surface area contributed by atoms with Crippen LogP contribution >= 0.6 is 0 Å². The Labute approximate surface area is 132 Å². The Balaban J connectivity index is -0.0000000243. The van der Waals surface area contributed by atoms with Crippen molar-refractivity contribution in [3.8, 4) is 0 Å². The van der Waals surface area contributed by atoms with Crippen LogP contribution in [-0.4, -0.2) is 41.3 Å². The molecule has 3 nitrogen and oxygen atoms in total. The Kier molecular flexibility index (Phi) is 76.5. The molecule has 0 atom stereocenters. The summed E-state index contributed by atoms with van der Waals surface area (Å²) < 4.78 is 32.2. The minimum atomic E-state index is -4.07. The van der Waals surface area contributed by atoms with Gasteiger partial charge in [-0.1, -0.05) is 6.42 Å². The van der Waals surface area contributed by atoms with Gasteiger partial charge < -0.3 is 22.2 Å². The third-order valence-corrected chi connectivity index (χ3v) is 0.283. The standard InChI is InChI=1S/C3H4F3.3C2H6O.2Ti/c1-2-3(4,5)6;3*1-2-3;;/h1-2H2;3*3H,2H2,1H3;;/q-1;;;;;. The van der Waals surface area contributed by atoms with E-state index in [0.717, 1.165) is 0 Å². The van der Waals surface area contributed by atoms with Crippen molar-refractivity contribution in [3.05, 3.63) is 6.92 Å². The van der Waals surface area contributed by atoms with Gasteiger partial charge in [0.2, 0.25) is 0 Å². The van der Waals surface area contributed by atoms with E-state index in [2.05, 4.69) is 6.92 Å². The smallest absolute Gasteiger partial charge is 0.363 e. The van der Waals surface area contributed by atoms with Gasteiger partial charge in [0.25, 0.3) is 0 Å². The van der Waals surface area contributed by atoms with E-state index in [1.165, 1.54) is 0 Å². The van der Waals surface area contributed by atoms with Crippen LogP contribution in [0.25, 0.3) is 0 Å². The van der Waals surface area contributed by atoms with Crippen LogP contribution in [0.1, 0.15) is 27.2 Å². The molecule has 0 amide bonds. The second kappa shape index (κ2) is 36.0. The Morgan fingerprint density at radius 3 is 0.882 bits per heavy atom. The number of alkyl halides is 3. The normalized spacial score (nSPS) is 7.41. The van der Waals surface area contributed by atoms with Crippen molar-refractivity contribution in [2.75, 3.05) is 19.8 Å². The average Bonchev–Trinajstić information content (AvgIpc) is 2.07. The van der Waals surface area contributed by atoms with E-state index < -0.39 is 12.6 Å². The number of halogens is 3. The number of aliphatic hydroxyl groups is 3. The maximum atomic E-state index is 10.7. The van der Waals surface area contributed by atoms with Crippen LogP contribution in [0, 0.1) is 6.92 Å². The topological polar surface area (TPSA) is 60.7 Å². The number of hydrogen-bond donors (Lipinski definition) is 3. The van der Waals surface area contributed by atoms with Crippen molar-refractivity contribution in [2.24, 2.45) is 0 Å². The third kappa shape index (κ3) is 232. The van der Waals surface area contributed by atoms with Gasteiger partial charge in [-0.2, -0.15) is 13.2 Å². The first-order chi connectivity index (χ1) is 6.80. The van der Waals surface area contributed by atoms with Crippen LogP contribution in [0.4, 0.5) is 13.2 Å². The van der Waals surface area contributed by atoms with Crippen molar-refractivity contribution < 1.29 is 71.9 Å². The summed E-state index contributed by atoms with van der Waals surface area (Å²) in [6.45, 7) is 8.42.